The Labute approximate surface area is 239 Å². The monoisotopic (exact) mass is 522 g/mol. The van der Waals surface area contributed by atoms with Gasteiger partial charge >= 0.3 is 0 Å². The summed E-state index contributed by atoms with van der Waals surface area (Å²) in [5.74, 6) is 0. The summed E-state index contributed by atoms with van der Waals surface area (Å²) in [6.45, 7) is 0. The van der Waals surface area contributed by atoms with Crippen LogP contribution >= 0.6 is 0 Å². The van der Waals surface area contributed by atoms with Gasteiger partial charge in [-0.15, -0.1) is 0 Å². The number of nitrogens with zero attached hydrogens (tertiary/aromatic N) is 2. The average molecular weight is 523 g/mol. The van der Waals surface area contributed by atoms with Crippen molar-refractivity contribution in [2.75, 3.05) is 4.90 Å². The highest BCUT2D eigenvalue weighted by Crippen LogP contribution is 2.52. The lowest BCUT2D eigenvalue weighted by Crippen LogP contribution is -2.15. The number of hydrogen-bond donors (Lipinski definition) is 0. The molecule has 0 saturated heterocycles. The molecule has 7 aromatic rings. The number of benzene rings is 6. The van der Waals surface area contributed by atoms with Crippen molar-refractivity contribution < 1.29 is 0 Å². The fraction of sp³-hybridized carbons (Fsp3) is 0. The van der Waals surface area contributed by atoms with Crippen LogP contribution in [0.1, 0.15) is 0 Å². The lowest BCUT2D eigenvalue weighted by atomic mass is 9.88. The molecule has 0 saturated carbocycles. The van der Waals surface area contributed by atoms with Crippen molar-refractivity contribution >= 4 is 27.8 Å². The standard InChI is InChI=1S/C39H26N2/c1-4-11-27(12-5-1)31-22-32(28-13-6-2-7-14-28)24-34(23-31)41-37-18-10-17-30-21-33(29-15-8-3-9-16-29)25-36(39(30)37)35-19-20-40-26-38(35)41/h1-26H. The van der Waals surface area contributed by atoms with E-state index in [1.54, 1.807) is 0 Å². The van der Waals surface area contributed by atoms with Crippen molar-refractivity contribution in [1.82, 2.24) is 4.98 Å². The zero-order valence-electron chi connectivity index (χ0n) is 22.4. The highest BCUT2D eigenvalue weighted by Gasteiger charge is 2.27. The Morgan fingerprint density at radius 3 is 1.61 bits per heavy atom. The second kappa shape index (κ2) is 9.62. The number of fused-ring (bicyclic) bond motifs is 2. The fourth-order valence-electron chi connectivity index (χ4n) is 6.14. The quantitative estimate of drug-likeness (QED) is 0.228. The van der Waals surface area contributed by atoms with E-state index in [1.165, 1.54) is 61.0 Å². The first-order chi connectivity index (χ1) is 20.3. The van der Waals surface area contributed by atoms with E-state index in [2.05, 4.69) is 155 Å². The summed E-state index contributed by atoms with van der Waals surface area (Å²) in [6.07, 6.45) is 3.91. The lowest BCUT2D eigenvalue weighted by Gasteiger charge is -2.34. The summed E-state index contributed by atoms with van der Waals surface area (Å²) in [6, 6.07) is 52.3. The van der Waals surface area contributed by atoms with Crippen molar-refractivity contribution in [2.45, 2.75) is 0 Å². The van der Waals surface area contributed by atoms with Crippen LogP contribution < -0.4 is 4.90 Å². The number of rotatable bonds is 4. The second-order valence-corrected chi connectivity index (χ2v) is 10.5. The fourth-order valence-corrected chi connectivity index (χ4v) is 6.14. The molecule has 6 aromatic carbocycles. The van der Waals surface area contributed by atoms with E-state index in [-0.39, 0.29) is 0 Å². The van der Waals surface area contributed by atoms with Gasteiger partial charge in [0.1, 0.15) is 0 Å². The normalized spacial score (nSPS) is 11.9. The highest BCUT2D eigenvalue weighted by molar-refractivity contribution is 6.15. The Morgan fingerprint density at radius 2 is 1.00 bits per heavy atom. The van der Waals surface area contributed by atoms with Crippen molar-refractivity contribution in [3.05, 3.63) is 158 Å². The van der Waals surface area contributed by atoms with E-state index in [0.29, 0.717) is 0 Å². The maximum Gasteiger partial charge on any atom is 0.0723 e. The van der Waals surface area contributed by atoms with Gasteiger partial charge < -0.3 is 4.90 Å². The molecule has 0 radical (unpaired) electrons. The zero-order valence-corrected chi connectivity index (χ0v) is 22.4. The van der Waals surface area contributed by atoms with Gasteiger partial charge in [0.25, 0.3) is 0 Å². The van der Waals surface area contributed by atoms with Crippen LogP contribution in [-0.2, 0) is 0 Å². The predicted molar refractivity (Wildman–Crippen MR) is 172 cm³/mol. The van der Waals surface area contributed by atoms with E-state index < -0.39 is 0 Å². The Balaban J connectivity index is 1.41. The SMILES string of the molecule is c1ccc(-c2cc(-c3ccccc3)cc(N3c4cnccc4-c4cc(-c5ccccc5)cc5cccc3c45)c2)cc1. The maximum atomic E-state index is 4.61. The van der Waals surface area contributed by atoms with Gasteiger partial charge in [-0.05, 0) is 86.8 Å². The summed E-state index contributed by atoms with van der Waals surface area (Å²) >= 11 is 0. The maximum absolute atomic E-state index is 4.61. The summed E-state index contributed by atoms with van der Waals surface area (Å²) in [5, 5.41) is 2.49. The minimum Gasteiger partial charge on any atom is -0.308 e. The molecule has 0 spiro atoms. The molecule has 0 fully saturated rings. The van der Waals surface area contributed by atoms with Gasteiger partial charge in [-0.3, -0.25) is 4.98 Å². The van der Waals surface area contributed by atoms with Gasteiger partial charge in [0.05, 0.1) is 17.6 Å². The zero-order chi connectivity index (χ0) is 27.2. The van der Waals surface area contributed by atoms with Gasteiger partial charge in [0, 0.05) is 22.8 Å². The third-order valence-electron chi connectivity index (χ3n) is 8.02. The van der Waals surface area contributed by atoms with Crippen LogP contribution in [0.3, 0.4) is 0 Å². The molecule has 0 atom stereocenters. The molecule has 192 valence electrons. The number of anilines is 3. The summed E-state index contributed by atoms with van der Waals surface area (Å²) in [7, 11) is 0. The number of hydrogen-bond acceptors (Lipinski definition) is 2. The van der Waals surface area contributed by atoms with Crippen LogP contribution in [0.25, 0.3) is 55.3 Å². The van der Waals surface area contributed by atoms with Crippen LogP contribution in [0.2, 0.25) is 0 Å². The molecule has 0 amide bonds. The van der Waals surface area contributed by atoms with Crippen LogP contribution in [0.15, 0.2) is 158 Å². The van der Waals surface area contributed by atoms with Crippen molar-refractivity contribution in [2.24, 2.45) is 0 Å². The van der Waals surface area contributed by atoms with Gasteiger partial charge in [-0.25, -0.2) is 0 Å². The average Bonchev–Trinajstić information content (AvgIpc) is 3.06. The second-order valence-electron chi connectivity index (χ2n) is 10.5. The van der Waals surface area contributed by atoms with Crippen LogP contribution in [0.5, 0.6) is 0 Å². The molecule has 0 unspecified atom stereocenters. The minimum atomic E-state index is 1.09. The molecule has 0 bridgehead atoms. The Kier molecular flexibility index (Phi) is 5.49. The van der Waals surface area contributed by atoms with E-state index in [1.807, 2.05) is 12.4 Å². The Hall–Kier alpha value is -5.47. The molecule has 2 heteroatoms. The molecule has 2 heterocycles. The molecule has 8 rings (SSSR count). The Morgan fingerprint density at radius 1 is 0.415 bits per heavy atom. The summed E-state index contributed by atoms with van der Waals surface area (Å²) in [5.41, 5.74) is 13.0. The van der Waals surface area contributed by atoms with Gasteiger partial charge in [-0.2, -0.15) is 0 Å². The third kappa shape index (κ3) is 4.00. The largest absolute Gasteiger partial charge is 0.308 e. The van der Waals surface area contributed by atoms with E-state index in [9.17, 15) is 0 Å². The predicted octanol–water partition coefficient (Wildman–Crippen LogP) is 10.7. The Bertz CT molecular complexity index is 1970. The molecular formula is C39H26N2. The first kappa shape index (κ1) is 23.4. The van der Waals surface area contributed by atoms with Gasteiger partial charge in [0.2, 0.25) is 0 Å². The molecule has 2 nitrogen and oxygen atoms in total. The van der Waals surface area contributed by atoms with Crippen molar-refractivity contribution in [3.8, 4) is 44.5 Å². The molecule has 0 aliphatic carbocycles. The molecular weight excluding hydrogens is 496 g/mol. The molecule has 1 aliphatic rings. The first-order valence-electron chi connectivity index (χ1n) is 14.0. The van der Waals surface area contributed by atoms with E-state index in [0.717, 1.165) is 11.4 Å². The molecule has 0 N–H and O–H groups in total. The topological polar surface area (TPSA) is 16.1 Å². The van der Waals surface area contributed by atoms with E-state index in [4.69, 9.17) is 0 Å². The smallest absolute Gasteiger partial charge is 0.0723 e. The number of aromatic nitrogens is 1. The van der Waals surface area contributed by atoms with Crippen LogP contribution in [-0.4, -0.2) is 4.98 Å². The molecule has 1 aliphatic heterocycles. The van der Waals surface area contributed by atoms with Crippen LogP contribution in [0, 0.1) is 0 Å². The highest BCUT2D eigenvalue weighted by atomic mass is 15.2. The van der Waals surface area contributed by atoms with E-state index >= 15 is 0 Å². The molecule has 1 aromatic heterocycles. The lowest BCUT2D eigenvalue weighted by molar-refractivity contribution is 1.23. The molecule has 41 heavy (non-hydrogen) atoms. The third-order valence-corrected chi connectivity index (χ3v) is 8.02. The number of pyridine rings is 1. The minimum absolute atomic E-state index is 1.09. The van der Waals surface area contributed by atoms with Crippen LogP contribution in [0.4, 0.5) is 17.1 Å². The van der Waals surface area contributed by atoms with Gasteiger partial charge in [0.15, 0.2) is 0 Å². The first-order valence-corrected chi connectivity index (χ1v) is 14.0. The summed E-state index contributed by atoms with van der Waals surface area (Å²) in [4.78, 5) is 7.00. The summed E-state index contributed by atoms with van der Waals surface area (Å²) < 4.78 is 0. The van der Waals surface area contributed by atoms with Crippen molar-refractivity contribution in [3.63, 3.8) is 0 Å². The van der Waals surface area contributed by atoms with Gasteiger partial charge in [-0.1, -0.05) is 103 Å². The van der Waals surface area contributed by atoms with Crippen molar-refractivity contribution in [1.29, 1.82) is 0 Å².